The zero-order chi connectivity index (χ0) is 10.8. The van der Waals surface area contributed by atoms with E-state index in [0.717, 1.165) is 6.04 Å². The van der Waals surface area contributed by atoms with Gasteiger partial charge in [-0.25, -0.2) is 0 Å². The minimum absolute atomic E-state index is 0.406. The molecule has 1 nitrogen and oxygen atoms in total. The maximum atomic E-state index is 4.42. The van der Waals surface area contributed by atoms with Crippen molar-refractivity contribution in [1.29, 1.82) is 0 Å². The lowest BCUT2D eigenvalue weighted by Crippen LogP contribution is -2.47. The van der Waals surface area contributed by atoms with Crippen LogP contribution in [0.5, 0.6) is 0 Å². The van der Waals surface area contributed by atoms with Crippen LogP contribution < -0.4 is 0 Å². The minimum Gasteiger partial charge on any atom is -0.288 e. The first-order valence-corrected chi connectivity index (χ1v) is 6.44. The third kappa shape index (κ3) is 1.03. The van der Waals surface area contributed by atoms with Gasteiger partial charge in [0.25, 0.3) is 0 Å². The molecule has 0 spiro atoms. The molecular formula is C14H23N. The van der Waals surface area contributed by atoms with Gasteiger partial charge < -0.3 is 0 Å². The molecule has 0 radical (unpaired) electrons. The molecular weight excluding hydrogens is 182 g/mol. The maximum Gasteiger partial charge on any atom is 0.0320 e. The zero-order valence-electron chi connectivity index (χ0n) is 10.3. The molecule has 0 N–H and O–H groups in total. The topological polar surface area (TPSA) is 3.24 Å². The Hall–Kier alpha value is -0.300. The second-order valence-electron chi connectivity index (χ2n) is 6.62. The van der Waals surface area contributed by atoms with E-state index in [1.807, 2.05) is 0 Å². The van der Waals surface area contributed by atoms with E-state index in [9.17, 15) is 0 Å². The molecule has 3 aliphatic heterocycles. The van der Waals surface area contributed by atoms with Crippen LogP contribution in [0.25, 0.3) is 0 Å². The summed E-state index contributed by atoms with van der Waals surface area (Å²) in [7, 11) is 0. The van der Waals surface area contributed by atoms with E-state index < -0.39 is 0 Å². The van der Waals surface area contributed by atoms with Gasteiger partial charge >= 0.3 is 0 Å². The van der Waals surface area contributed by atoms with Crippen molar-refractivity contribution in [3.63, 3.8) is 0 Å². The van der Waals surface area contributed by atoms with Crippen molar-refractivity contribution < 1.29 is 0 Å². The number of hydrogen-bond donors (Lipinski definition) is 0. The second-order valence-corrected chi connectivity index (χ2v) is 6.62. The van der Waals surface area contributed by atoms with E-state index in [-0.39, 0.29) is 0 Å². The Kier molecular flexibility index (Phi) is 1.77. The molecule has 3 fully saturated rings. The minimum atomic E-state index is 0.406. The Morgan fingerprint density at radius 1 is 1.20 bits per heavy atom. The fourth-order valence-electron chi connectivity index (χ4n) is 4.56. The van der Waals surface area contributed by atoms with E-state index in [1.165, 1.54) is 32.1 Å². The Balaban J connectivity index is 2.10. The largest absolute Gasteiger partial charge is 0.288 e. The average Bonchev–Trinajstić information content (AvgIpc) is 2.63. The summed E-state index contributed by atoms with van der Waals surface area (Å²) in [6.07, 6.45) is 6.88. The Bertz CT molecular complexity index is 317. The molecule has 0 amide bonds. The summed E-state index contributed by atoms with van der Waals surface area (Å²) < 4.78 is 0. The third-order valence-electron chi connectivity index (χ3n) is 5.44. The highest BCUT2D eigenvalue weighted by Crippen LogP contribution is 2.59. The molecule has 3 heterocycles. The van der Waals surface area contributed by atoms with Crippen molar-refractivity contribution in [2.24, 2.45) is 5.41 Å². The monoisotopic (exact) mass is 205 g/mol. The van der Waals surface area contributed by atoms with E-state index in [0.29, 0.717) is 17.0 Å². The van der Waals surface area contributed by atoms with Crippen molar-refractivity contribution in [2.75, 3.05) is 0 Å². The van der Waals surface area contributed by atoms with Gasteiger partial charge in [-0.3, -0.25) is 4.90 Å². The van der Waals surface area contributed by atoms with Crippen LogP contribution in [0.3, 0.4) is 0 Å². The van der Waals surface area contributed by atoms with Gasteiger partial charge in [0, 0.05) is 23.0 Å². The van der Waals surface area contributed by atoms with Crippen LogP contribution in [0.4, 0.5) is 0 Å². The summed E-state index contributed by atoms with van der Waals surface area (Å²) in [5.74, 6) is 0. The molecule has 84 valence electrons. The highest BCUT2D eigenvalue weighted by atomic mass is 15.3. The summed E-state index contributed by atoms with van der Waals surface area (Å²) >= 11 is 0. The first-order chi connectivity index (χ1) is 6.97. The third-order valence-corrected chi connectivity index (χ3v) is 5.44. The normalized spacial score (nSPS) is 51.9. The maximum absolute atomic E-state index is 4.42. The lowest BCUT2D eigenvalue weighted by atomic mass is 9.69. The Morgan fingerprint density at radius 3 is 2.67 bits per heavy atom. The lowest BCUT2D eigenvalue weighted by molar-refractivity contribution is 0.0892. The molecule has 0 aliphatic carbocycles. The van der Waals surface area contributed by atoms with E-state index >= 15 is 0 Å². The van der Waals surface area contributed by atoms with Gasteiger partial charge in [0.05, 0.1) is 0 Å². The van der Waals surface area contributed by atoms with Crippen molar-refractivity contribution in [1.82, 2.24) is 4.90 Å². The van der Waals surface area contributed by atoms with Crippen molar-refractivity contribution in [3.05, 3.63) is 12.2 Å². The smallest absolute Gasteiger partial charge is 0.0320 e. The van der Waals surface area contributed by atoms with Gasteiger partial charge in [-0.15, -0.1) is 0 Å². The zero-order valence-corrected chi connectivity index (χ0v) is 10.3. The fourth-order valence-corrected chi connectivity index (χ4v) is 4.56. The molecule has 0 aromatic carbocycles. The molecule has 0 aromatic rings. The predicted octanol–water partition coefficient (Wildman–Crippen LogP) is 3.36. The molecule has 3 aliphatic rings. The van der Waals surface area contributed by atoms with Crippen LogP contribution in [-0.2, 0) is 0 Å². The van der Waals surface area contributed by atoms with Crippen LogP contribution in [0.2, 0.25) is 0 Å². The first-order valence-electron chi connectivity index (χ1n) is 6.44. The summed E-state index contributed by atoms with van der Waals surface area (Å²) in [5.41, 5.74) is 2.39. The molecule has 1 heteroatoms. The molecule has 3 rings (SSSR count). The van der Waals surface area contributed by atoms with Crippen LogP contribution >= 0.6 is 0 Å². The van der Waals surface area contributed by atoms with Crippen LogP contribution in [0, 0.1) is 5.41 Å². The standard InChI is InChI=1S/C14H23N/c1-10-11-6-7-12-14(10,4)9-5-8-13(2,3)15(11)12/h11-12H,1,5-9H2,2-4H3. The van der Waals surface area contributed by atoms with E-state index in [4.69, 9.17) is 0 Å². The Labute approximate surface area is 93.5 Å². The summed E-state index contributed by atoms with van der Waals surface area (Å²) in [6, 6.07) is 1.50. The molecule has 4 bridgehead atoms. The van der Waals surface area contributed by atoms with Gasteiger partial charge in [0.15, 0.2) is 0 Å². The number of nitrogens with zero attached hydrogens (tertiary/aromatic N) is 1. The van der Waals surface area contributed by atoms with Crippen molar-refractivity contribution in [3.8, 4) is 0 Å². The molecule has 4 atom stereocenters. The van der Waals surface area contributed by atoms with Gasteiger partial charge in [-0.05, 0) is 39.5 Å². The van der Waals surface area contributed by atoms with Crippen molar-refractivity contribution in [2.45, 2.75) is 70.5 Å². The van der Waals surface area contributed by atoms with Crippen LogP contribution in [0.1, 0.15) is 52.9 Å². The van der Waals surface area contributed by atoms with E-state index in [2.05, 4.69) is 32.3 Å². The number of hydrogen-bond acceptors (Lipinski definition) is 1. The predicted molar refractivity (Wildman–Crippen MR) is 63.8 cm³/mol. The summed E-state index contributed by atoms with van der Waals surface area (Å²) in [6.45, 7) is 11.7. The van der Waals surface area contributed by atoms with E-state index in [1.54, 1.807) is 5.57 Å². The van der Waals surface area contributed by atoms with Gasteiger partial charge in [0.2, 0.25) is 0 Å². The molecule has 3 saturated heterocycles. The molecule has 15 heavy (non-hydrogen) atoms. The quantitative estimate of drug-likeness (QED) is 0.548. The molecule has 4 unspecified atom stereocenters. The highest BCUT2D eigenvalue weighted by Gasteiger charge is 2.60. The van der Waals surface area contributed by atoms with Crippen LogP contribution in [-0.4, -0.2) is 22.5 Å². The van der Waals surface area contributed by atoms with Gasteiger partial charge in [-0.1, -0.05) is 25.5 Å². The summed E-state index contributed by atoms with van der Waals surface area (Å²) in [4.78, 5) is 2.81. The highest BCUT2D eigenvalue weighted by molar-refractivity contribution is 5.32. The molecule has 0 aromatic heterocycles. The summed E-state index contributed by atoms with van der Waals surface area (Å²) in [5, 5.41) is 0. The number of rotatable bonds is 0. The fraction of sp³-hybridized carbons (Fsp3) is 0.857. The second kappa shape index (κ2) is 2.68. The average molecular weight is 205 g/mol. The lowest BCUT2D eigenvalue weighted by Gasteiger charge is -2.38. The first kappa shape index (κ1) is 9.89. The van der Waals surface area contributed by atoms with Gasteiger partial charge in [0.1, 0.15) is 0 Å². The van der Waals surface area contributed by atoms with Crippen molar-refractivity contribution >= 4 is 0 Å². The van der Waals surface area contributed by atoms with Gasteiger partial charge in [-0.2, -0.15) is 0 Å². The SMILES string of the molecule is C=C1C2CCC3N2C(C)(C)CCCC13C. The molecule has 0 saturated carbocycles. The Morgan fingerprint density at radius 2 is 1.93 bits per heavy atom. The van der Waals surface area contributed by atoms with Crippen LogP contribution in [0.15, 0.2) is 12.2 Å².